The summed E-state index contributed by atoms with van der Waals surface area (Å²) in [6.45, 7) is 1.30. The Balaban J connectivity index is 1.40. The van der Waals surface area contributed by atoms with E-state index >= 15 is 0 Å². The van der Waals surface area contributed by atoms with Gasteiger partial charge in [-0.2, -0.15) is 0 Å². The Labute approximate surface area is 179 Å². The fourth-order valence-corrected chi connectivity index (χ4v) is 5.94. The van der Waals surface area contributed by atoms with E-state index in [-0.39, 0.29) is 11.7 Å². The number of fused-ring (bicyclic) bond motifs is 4. The molecule has 11 heteroatoms. The number of halogens is 1. The summed E-state index contributed by atoms with van der Waals surface area (Å²) in [7, 11) is -3.42. The van der Waals surface area contributed by atoms with Gasteiger partial charge in [0, 0.05) is 33.6 Å². The van der Waals surface area contributed by atoms with Crippen molar-refractivity contribution in [2.45, 2.75) is 4.90 Å². The molecule has 0 saturated heterocycles. The fourth-order valence-electron chi connectivity index (χ4n) is 3.23. The molecule has 0 fully saturated rings. The summed E-state index contributed by atoms with van der Waals surface area (Å²) >= 11 is 4.70. The predicted molar refractivity (Wildman–Crippen MR) is 114 cm³/mol. The van der Waals surface area contributed by atoms with Gasteiger partial charge in [0.05, 0.1) is 17.1 Å². The van der Waals surface area contributed by atoms with Crippen molar-refractivity contribution < 1.29 is 22.7 Å². The van der Waals surface area contributed by atoms with Crippen LogP contribution in [0.15, 0.2) is 44.1 Å². The zero-order chi connectivity index (χ0) is 20.2. The summed E-state index contributed by atoms with van der Waals surface area (Å²) in [5, 5.41) is 3.30. The number of benzene rings is 2. The molecular formula is C18H14BrN3O5S2. The topological polar surface area (TPSA) is 97.3 Å². The molecule has 8 nitrogen and oxygen atoms in total. The molecule has 5 rings (SSSR count). The SMILES string of the molecule is O=C(Nc1cc2c(cc1Br)OCCO2)c1ccc2c(c1)SC1=NS(=O)(=O)CCN12. The van der Waals surface area contributed by atoms with Crippen molar-refractivity contribution in [3.8, 4) is 11.5 Å². The zero-order valence-corrected chi connectivity index (χ0v) is 18.1. The Morgan fingerprint density at radius 3 is 2.72 bits per heavy atom. The number of sulfonamides is 1. The predicted octanol–water partition coefficient (Wildman–Crippen LogP) is 3.08. The van der Waals surface area contributed by atoms with E-state index in [4.69, 9.17) is 9.47 Å². The summed E-state index contributed by atoms with van der Waals surface area (Å²) in [4.78, 5) is 15.5. The quantitative estimate of drug-likeness (QED) is 0.683. The molecule has 29 heavy (non-hydrogen) atoms. The third-order valence-corrected chi connectivity index (χ3v) is 7.58. The lowest BCUT2D eigenvalue weighted by atomic mass is 10.1. The van der Waals surface area contributed by atoms with E-state index in [1.165, 1.54) is 11.8 Å². The van der Waals surface area contributed by atoms with Crippen LogP contribution in [0, 0.1) is 0 Å². The van der Waals surface area contributed by atoms with Gasteiger partial charge >= 0.3 is 0 Å². The minimum atomic E-state index is -3.42. The molecule has 2 aromatic carbocycles. The maximum atomic E-state index is 12.8. The molecule has 0 saturated carbocycles. The first-order chi connectivity index (χ1) is 13.9. The van der Waals surface area contributed by atoms with Crippen LogP contribution in [0.1, 0.15) is 10.4 Å². The first kappa shape index (κ1) is 18.8. The Morgan fingerprint density at radius 2 is 1.93 bits per heavy atom. The maximum Gasteiger partial charge on any atom is 0.257 e. The van der Waals surface area contributed by atoms with Gasteiger partial charge in [0.2, 0.25) is 0 Å². The van der Waals surface area contributed by atoms with Crippen LogP contribution in [-0.2, 0) is 10.0 Å². The number of carbonyl (C=O) groups is 1. The third-order valence-electron chi connectivity index (χ3n) is 4.62. The monoisotopic (exact) mass is 495 g/mol. The van der Waals surface area contributed by atoms with Crippen molar-refractivity contribution in [1.29, 1.82) is 0 Å². The van der Waals surface area contributed by atoms with Crippen molar-refractivity contribution >= 4 is 60.2 Å². The minimum absolute atomic E-state index is 0.0170. The van der Waals surface area contributed by atoms with E-state index in [0.29, 0.717) is 52.1 Å². The van der Waals surface area contributed by atoms with Gasteiger partial charge in [-0.1, -0.05) is 0 Å². The van der Waals surface area contributed by atoms with Gasteiger partial charge in [-0.25, -0.2) is 8.42 Å². The number of hydrogen-bond donors (Lipinski definition) is 1. The Hall–Kier alpha value is -2.24. The van der Waals surface area contributed by atoms with E-state index in [1.54, 1.807) is 24.3 Å². The molecular weight excluding hydrogens is 482 g/mol. The van der Waals surface area contributed by atoms with Gasteiger partial charge in [-0.15, -0.1) is 4.40 Å². The summed E-state index contributed by atoms with van der Waals surface area (Å²) in [6.07, 6.45) is 0. The second-order valence-corrected chi connectivity index (χ2v) is 10.1. The van der Waals surface area contributed by atoms with E-state index < -0.39 is 10.0 Å². The number of anilines is 2. The molecule has 0 bridgehead atoms. The smallest absolute Gasteiger partial charge is 0.257 e. The number of amides is 1. The fraction of sp³-hybridized carbons (Fsp3) is 0.222. The normalized spacial score (nSPS) is 18.5. The van der Waals surface area contributed by atoms with Crippen LogP contribution in [0.25, 0.3) is 0 Å². The molecule has 0 unspecified atom stereocenters. The highest BCUT2D eigenvalue weighted by atomic mass is 79.9. The highest BCUT2D eigenvalue weighted by Crippen LogP contribution is 2.43. The molecule has 3 heterocycles. The lowest BCUT2D eigenvalue weighted by Gasteiger charge is -2.22. The standard InChI is InChI=1S/C18H14BrN3O5S2/c19-11-8-14-15(27-5-4-26-14)9-12(11)20-17(23)10-1-2-13-16(7-10)28-18-21-29(24,25)6-3-22(13)18/h1-2,7-9H,3-6H2,(H,20,23). The number of carbonyl (C=O) groups excluding carboxylic acids is 1. The van der Waals surface area contributed by atoms with Crippen LogP contribution in [-0.4, -0.2) is 45.0 Å². The number of ether oxygens (including phenoxy) is 2. The number of rotatable bonds is 2. The zero-order valence-electron chi connectivity index (χ0n) is 14.8. The number of amidine groups is 1. The molecule has 3 aliphatic heterocycles. The average molecular weight is 496 g/mol. The molecule has 2 aromatic rings. The summed E-state index contributed by atoms with van der Waals surface area (Å²) < 4.78 is 39.1. The molecule has 0 radical (unpaired) electrons. The minimum Gasteiger partial charge on any atom is -0.486 e. The molecule has 1 N–H and O–H groups in total. The van der Waals surface area contributed by atoms with Gasteiger partial charge in [0.1, 0.15) is 13.2 Å². The molecule has 0 spiro atoms. The molecule has 150 valence electrons. The average Bonchev–Trinajstić information content (AvgIpc) is 3.03. The van der Waals surface area contributed by atoms with E-state index in [2.05, 4.69) is 25.6 Å². The van der Waals surface area contributed by atoms with Crippen LogP contribution in [0.3, 0.4) is 0 Å². The van der Waals surface area contributed by atoms with Gasteiger partial charge < -0.3 is 19.7 Å². The Kier molecular flexibility index (Phi) is 4.48. The van der Waals surface area contributed by atoms with Crippen molar-refractivity contribution in [3.63, 3.8) is 0 Å². The van der Waals surface area contributed by atoms with Crippen LogP contribution < -0.4 is 19.7 Å². The van der Waals surface area contributed by atoms with Crippen molar-refractivity contribution in [3.05, 3.63) is 40.4 Å². The van der Waals surface area contributed by atoms with E-state index in [0.717, 1.165) is 10.6 Å². The molecule has 1 amide bonds. The number of thioether (sulfide) groups is 1. The molecule has 0 aromatic heterocycles. The largest absolute Gasteiger partial charge is 0.486 e. The second kappa shape index (κ2) is 6.92. The summed E-state index contributed by atoms with van der Waals surface area (Å²) in [6, 6.07) is 8.76. The number of hydrogen-bond acceptors (Lipinski definition) is 7. The highest BCUT2D eigenvalue weighted by molar-refractivity contribution is 9.10. The van der Waals surface area contributed by atoms with Gasteiger partial charge in [-0.3, -0.25) is 4.79 Å². The van der Waals surface area contributed by atoms with Gasteiger partial charge in [-0.05, 0) is 45.9 Å². The Morgan fingerprint density at radius 1 is 1.17 bits per heavy atom. The van der Waals surface area contributed by atoms with Crippen LogP contribution in [0.5, 0.6) is 11.5 Å². The van der Waals surface area contributed by atoms with Crippen molar-refractivity contribution in [2.24, 2.45) is 4.40 Å². The van der Waals surface area contributed by atoms with Crippen LogP contribution in [0.2, 0.25) is 0 Å². The summed E-state index contributed by atoms with van der Waals surface area (Å²) in [5.41, 5.74) is 1.89. The molecule has 0 aliphatic carbocycles. The second-order valence-electron chi connectivity index (χ2n) is 6.53. The van der Waals surface area contributed by atoms with E-state index in [1.807, 2.05) is 11.0 Å². The van der Waals surface area contributed by atoms with Gasteiger partial charge in [0.15, 0.2) is 16.7 Å². The first-order valence-electron chi connectivity index (χ1n) is 8.72. The van der Waals surface area contributed by atoms with E-state index in [9.17, 15) is 13.2 Å². The van der Waals surface area contributed by atoms with Crippen LogP contribution in [0.4, 0.5) is 11.4 Å². The highest BCUT2D eigenvalue weighted by Gasteiger charge is 2.33. The van der Waals surface area contributed by atoms with Crippen LogP contribution >= 0.6 is 27.7 Å². The lowest BCUT2D eigenvalue weighted by Crippen LogP contribution is -2.35. The Bertz CT molecular complexity index is 1180. The number of nitrogens with one attached hydrogen (secondary N) is 1. The third kappa shape index (κ3) is 3.47. The first-order valence-corrected chi connectivity index (χ1v) is 11.9. The van der Waals surface area contributed by atoms with Crippen molar-refractivity contribution in [1.82, 2.24) is 0 Å². The lowest BCUT2D eigenvalue weighted by molar-refractivity contribution is 0.102. The molecule has 3 aliphatic rings. The number of nitrogens with zero attached hydrogens (tertiary/aromatic N) is 2. The van der Waals surface area contributed by atoms with Gasteiger partial charge in [0.25, 0.3) is 15.9 Å². The maximum absolute atomic E-state index is 12.8. The summed E-state index contributed by atoms with van der Waals surface area (Å²) in [5.74, 6) is 0.902. The molecule has 0 atom stereocenters. The van der Waals surface area contributed by atoms with Crippen molar-refractivity contribution in [2.75, 3.05) is 35.7 Å².